The molecule has 1 aromatic carbocycles. The topological polar surface area (TPSA) is 41.5 Å². The average Bonchev–Trinajstić information content (AvgIpc) is 2.20. The minimum Gasteiger partial charge on any atom is -0.435 e. The summed E-state index contributed by atoms with van der Waals surface area (Å²) in [4.78, 5) is 0. The first-order chi connectivity index (χ1) is 7.49. The molecule has 0 saturated heterocycles. The normalized spacial score (nSPS) is 14.6. The van der Waals surface area contributed by atoms with Gasteiger partial charge in [-0.3, -0.25) is 0 Å². The molecular weight excluding hydrogens is 216 g/mol. The predicted octanol–water partition coefficient (Wildman–Crippen LogP) is 2.47. The highest BCUT2D eigenvalue weighted by molar-refractivity contribution is 5.47. The zero-order chi connectivity index (χ0) is 12.1. The van der Waals surface area contributed by atoms with Gasteiger partial charge in [0.1, 0.15) is 5.75 Å². The summed E-state index contributed by atoms with van der Waals surface area (Å²) in [6.07, 6.45) is -0.489. The highest BCUT2D eigenvalue weighted by Crippen LogP contribution is 2.18. The van der Waals surface area contributed by atoms with E-state index in [2.05, 4.69) is 10.1 Å². The molecule has 1 rings (SSSR count). The standard InChI is InChI=1S/C11H15F2NO2/c1-7(8(2)15)14-9-3-5-10(6-4-9)16-11(12)13/h3-8,11,14-15H,1-2H3. The molecule has 2 atom stereocenters. The van der Waals surface area contributed by atoms with Gasteiger partial charge in [0, 0.05) is 11.7 Å². The van der Waals surface area contributed by atoms with Crippen LogP contribution in [0, 0.1) is 0 Å². The zero-order valence-electron chi connectivity index (χ0n) is 9.15. The lowest BCUT2D eigenvalue weighted by Gasteiger charge is -2.18. The Hall–Kier alpha value is -1.36. The molecule has 0 radical (unpaired) electrons. The lowest BCUT2D eigenvalue weighted by molar-refractivity contribution is -0.0498. The molecule has 2 N–H and O–H groups in total. The molecule has 0 saturated carbocycles. The van der Waals surface area contributed by atoms with Crippen LogP contribution in [-0.2, 0) is 0 Å². The molecule has 0 spiro atoms. The first-order valence-electron chi connectivity index (χ1n) is 4.98. The number of aliphatic hydroxyl groups excluding tert-OH is 1. The number of ether oxygens (including phenoxy) is 1. The SMILES string of the molecule is CC(O)C(C)Nc1ccc(OC(F)F)cc1. The number of anilines is 1. The number of hydrogen-bond acceptors (Lipinski definition) is 3. The monoisotopic (exact) mass is 231 g/mol. The summed E-state index contributed by atoms with van der Waals surface area (Å²) >= 11 is 0. The second-order valence-electron chi connectivity index (χ2n) is 3.58. The maximum Gasteiger partial charge on any atom is 0.387 e. The first-order valence-corrected chi connectivity index (χ1v) is 4.98. The summed E-state index contributed by atoms with van der Waals surface area (Å²) in [7, 11) is 0. The molecule has 90 valence electrons. The number of rotatable bonds is 5. The van der Waals surface area contributed by atoms with Crippen LogP contribution in [0.1, 0.15) is 13.8 Å². The number of halogens is 2. The number of alkyl halides is 2. The minimum absolute atomic E-state index is 0.109. The van der Waals surface area contributed by atoms with E-state index in [1.54, 1.807) is 19.1 Å². The van der Waals surface area contributed by atoms with Crippen molar-refractivity contribution in [1.82, 2.24) is 0 Å². The van der Waals surface area contributed by atoms with E-state index >= 15 is 0 Å². The fourth-order valence-corrected chi connectivity index (χ4v) is 1.12. The van der Waals surface area contributed by atoms with E-state index in [1.807, 2.05) is 6.92 Å². The summed E-state index contributed by atoms with van der Waals surface area (Å²) in [5.41, 5.74) is 0.745. The van der Waals surface area contributed by atoms with Crippen LogP contribution in [0.2, 0.25) is 0 Å². The lowest BCUT2D eigenvalue weighted by atomic mass is 10.2. The Morgan fingerprint density at radius 2 is 1.75 bits per heavy atom. The number of aliphatic hydroxyl groups is 1. The molecule has 0 aliphatic carbocycles. The molecule has 0 fully saturated rings. The van der Waals surface area contributed by atoms with E-state index in [-0.39, 0.29) is 11.8 Å². The fraction of sp³-hybridized carbons (Fsp3) is 0.455. The minimum atomic E-state index is -2.81. The van der Waals surface area contributed by atoms with Crippen molar-refractivity contribution in [3.8, 4) is 5.75 Å². The smallest absolute Gasteiger partial charge is 0.387 e. The molecule has 5 heteroatoms. The number of benzene rings is 1. The van der Waals surface area contributed by atoms with Gasteiger partial charge in [0.25, 0.3) is 0 Å². The average molecular weight is 231 g/mol. The highest BCUT2D eigenvalue weighted by Gasteiger charge is 2.08. The highest BCUT2D eigenvalue weighted by atomic mass is 19.3. The van der Waals surface area contributed by atoms with Gasteiger partial charge in [0.15, 0.2) is 0 Å². The van der Waals surface area contributed by atoms with Gasteiger partial charge in [-0.15, -0.1) is 0 Å². The van der Waals surface area contributed by atoms with E-state index in [0.717, 1.165) is 5.69 Å². The molecule has 2 unspecified atom stereocenters. The van der Waals surface area contributed by atoms with Gasteiger partial charge in [-0.1, -0.05) is 0 Å². The van der Waals surface area contributed by atoms with Crippen molar-refractivity contribution in [2.24, 2.45) is 0 Å². The Morgan fingerprint density at radius 1 is 1.19 bits per heavy atom. The van der Waals surface area contributed by atoms with Crippen molar-refractivity contribution >= 4 is 5.69 Å². The molecule has 0 aromatic heterocycles. The van der Waals surface area contributed by atoms with Crippen molar-refractivity contribution in [1.29, 1.82) is 0 Å². The van der Waals surface area contributed by atoms with Crippen LogP contribution < -0.4 is 10.1 Å². The molecule has 1 aromatic rings. The van der Waals surface area contributed by atoms with Gasteiger partial charge in [-0.25, -0.2) is 0 Å². The van der Waals surface area contributed by atoms with Crippen LogP contribution in [-0.4, -0.2) is 23.9 Å². The number of nitrogens with one attached hydrogen (secondary N) is 1. The van der Waals surface area contributed by atoms with E-state index in [1.165, 1.54) is 12.1 Å². The maximum atomic E-state index is 11.9. The van der Waals surface area contributed by atoms with Gasteiger partial charge in [-0.2, -0.15) is 8.78 Å². The van der Waals surface area contributed by atoms with Crippen LogP contribution in [0.15, 0.2) is 24.3 Å². The quantitative estimate of drug-likeness (QED) is 0.818. The van der Waals surface area contributed by atoms with Gasteiger partial charge in [0.05, 0.1) is 6.10 Å². The summed E-state index contributed by atoms with van der Waals surface area (Å²) in [5, 5.41) is 12.3. The summed E-state index contributed by atoms with van der Waals surface area (Å²) < 4.78 is 27.9. The van der Waals surface area contributed by atoms with Crippen LogP contribution >= 0.6 is 0 Å². The summed E-state index contributed by atoms with van der Waals surface area (Å²) in [5.74, 6) is 0.116. The van der Waals surface area contributed by atoms with Gasteiger partial charge >= 0.3 is 6.61 Å². The molecule has 3 nitrogen and oxygen atoms in total. The van der Waals surface area contributed by atoms with Gasteiger partial charge in [0.2, 0.25) is 0 Å². The van der Waals surface area contributed by atoms with E-state index in [9.17, 15) is 13.9 Å². The fourth-order valence-electron chi connectivity index (χ4n) is 1.12. The molecule has 0 heterocycles. The number of hydrogen-bond donors (Lipinski definition) is 2. The van der Waals surface area contributed by atoms with E-state index in [4.69, 9.17) is 0 Å². The molecule has 0 bridgehead atoms. The third kappa shape index (κ3) is 4.02. The van der Waals surface area contributed by atoms with Crippen LogP contribution in [0.5, 0.6) is 5.75 Å². The van der Waals surface area contributed by atoms with Crippen LogP contribution in [0.3, 0.4) is 0 Å². The molecule has 0 aliphatic heterocycles. The Kier molecular flexibility index (Phi) is 4.49. The Bertz CT molecular complexity index is 314. The molecular formula is C11H15F2NO2. The largest absolute Gasteiger partial charge is 0.435 e. The van der Waals surface area contributed by atoms with Gasteiger partial charge in [-0.05, 0) is 38.1 Å². The Labute approximate surface area is 93.0 Å². The Balaban J connectivity index is 2.57. The first kappa shape index (κ1) is 12.7. The van der Waals surface area contributed by atoms with Crippen LogP contribution in [0.4, 0.5) is 14.5 Å². The van der Waals surface area contributed by atoms with E-state index in [0.29, 0.717) is 0 Å². The molecule has 0 aliphatic rings. The lowest BCUT2D eigenvalue weighted by Crippen LogP contribution is -2.27. The van der Waals surface area contributed by atoms with Gasteiger partial charge < -0.3 is 15.2 Å². The van der Waals surface area contributed by atoms with Crippen molar-refractivity contribution < 1.29 is 18.6 Å². The second-order valence-corrected chi connectivity index (χ2v) is 3.58. The van der Waals surface area contributed by atoms with E-state index < -0.39 is 12.7 Å². The van der Waals surface area contributed by atoms with Crippen molar-refractivity contribution in [3.05, 3.63) is 24.3 Å². The third-order valence-corrected chi connectivity index (χ3v) is 2.20. The summed E-state index contributed by atoms with van der Waals surface area (Å²) in [6, 6.07) is 6.03. The van der Waals surface area contributed by atoms with Crippen molar-refractivity contribution in [3.63, 3.8) is 0 Å². The zero-order valence-corrected chi connectivity index (χ0v) is 9.15. The predicted molar refractivity (Wildman–Crippen MR) is 57.8 cm³/mol. The maximum absolute atomic E-state index is 11.9. The summed E-state index contributed by atoms with van der Waals surface area (Å²) in [6.45, 7) is 0.690. The molecule has 16 heavy (non-hydrogen) atoms. The van der Waals surface area contributed by atoms with Crippen LogP contribution in [0.25, 0.3) is 0 Å². The Morgan fingerprint density at radius 3 is 2.19 bits per heavy atom. The third-order valence-electron chi connectivity index (χ3n) is 2.20. The van der Waals surface area contributed by atoms with Crippen molar-refractivity contribution in [2.75, 3.05) is 5.32 Å². The molecule has 0 amide bonds. The van der Waals surface area contributed by atoms with Crippen molar-refractivity contribution in [2.45, 2.75) is 32.6 Å². The second kappa shape index (κ2) is 5.65.